The number of hydrogen-bond acceptors (Lipinski definition) is 4. The molecular weight excluding hydrogens is 278 g/mol. The Balaban J connectivity index is 1.93. The van der Waals surface area contributed by atoms with Crippen LogP contribution in [0.25, 0.3) is 0 Å². The van der Waals surface area contributed by atoms with E-state index in [0.29, 0.717) is 6.04 Å². The van der Waals surface area contributed by atoms with E-state index in [1.165, 1.54) is 6.42 Å². The molecule has 0 bridgehead atoms. The third-order valence-electron chi connectivity index (χ3n) is 4.19. The van der Waals surface area contributed by atoms with Gasteiger partial charge in [-0.25, -0.2) is 0 Å². The molecule has 0 spiro atoms. The van der Waals surface area contributed by atoms with E-state index < -0.39 is 0 Å². The molecule has 0 saturated carbocycles. The fourth-order valence-electron chi connectivity index (χ4n) is 2.93. The summed E-state index contributed by atoms with van der Waals surface area (Å²) in [7, 11) is 4.07. The molecule has 0 aliphatic carbocycles. The maximum atomic E-state index is 12.6. The summed E-state index contributed by atoms with van der Waals surface area (Å²) in [6, 6.07) is 0.387. The van der Waals surface area contributed by atoms with Crippen LogP contribution in [0, 0.1) is 0 Å². The number of aromatic nitrogens is 2. The summed E-state index contributed by atoms with van der Waals surface area (Å²) in [4.78, 5) is 17.0. The molecule has 1 saturated heterocycles. The minimum atomic E-state index is -0.0149. The number of piperidine rings is 1. The van der Waals surface area contributed by atoms with Crippen molar-refractivity contribution in [2.24, 2.45) is 0 Å². The van der Waals surface area contributed by atoms with Crippen LogP contribution in [0.2, 0.25) is 0 Å². The smallest absolute Gasteiger partial charge is 0.241 e. The molecule has 1 fully saturated rings. The first-order chi connectivity index (χ1) is 10.5. The number of carbonyl (C=O) groups is 1. The topological polar surface area (TPSA) is 53.4 Å². The van der Waals surface area contributed by atoms with Crippen LogP contribution in [0.4, 0.5) is 5.69 Å². The number of nitrogens with zero attached hydrogens (tertiary/aromatic N) is 4. The number of carbonyl (C=O) groups excluding carboxylic acids is 1. The van der Waals surface area contributed by atoms with Gasteiger partial charge in [-0.15, -0.1) is 0 Å². The van der Waals surface area contributed by atoms with Gasteiger partial charge in [-0.1, -0.05) is 6.42 Å². The number of amides is 1. The highest BCUT2D eigenvalue weighted by Gasteiger charge is 2.30. The molecule has 124 valence electrons. The quantitative estimate of drug-likeness (QED) is 0.868. The van der Waals surface area contributed by atoms with Crippen LogP contribution in [0.1, 0.15) is 33.1 Å². The van der Waals surface area contributed by atoms with Crippen LogP contribution in [-0.2, 0) is 11.3 Å². The number of likely N-dealkylation sites (tertiary alicyclic amines) is 1. The van der Waals surface area contributed by atoms with Gasteiger partial charge in [-0.05, 0) is 47.3 Å². The average Bonchev–Trinajstić information content (AvgIpc) is 2.92. The third-order valence-corrected chi connectivity index (χ3v) is 4.19. The largest absolute Gasteiger partial charge is 0.322 e. The van der Waals surface area contributed by atoms with Crippen LogP contribution in [-0.4, -0.2) is 64.8 Å². The minimum Gasteiger partial charge on any atom is -0.322 e. The van der Waals surface area contributed by atoms with Crippen molar-refractivity contribution in [3.63, 3.8) is 0 Å². The van der Waals surface area contributed by atoms with E-state index >= 15 is 0 Å². The van der Waals surface area contributed by atoms with E-state index in [1.54, 1.807) is 6.20 Å². The average molecular weight is 307 g/mol. The lowest BCUT2D eigenvalue weighted by Gasteiger charge is -2.37. The monoisotopic (exact) mass is 307 g/mol. The number of nitrogens with one attached hydrogen (secondary N) is 1. The molecule has 1 N–H and O–H groups in total. The molecule has 1 aromatic heterocycles. The Bertz CT molecular complexity index is 483. The van der Waals surface area contributed by atoms with E-state index in [-0.39, 0.29) is 11.9 Å². The predicted octanol–water partition coefficient (Wildman–Crippen LogP) is 1.65. The zero-order valence-electron chi connectivity index (χ0n) is 14.2. The maximum Gasteiger partial charge on any atom is 0.241 e. The second-order valence-electron chi connectivity index (χ2n) is 6.63. The SMILES string of the molecule is CC(C)N1CCCCC1C(=O)Nc1cnn(CCN(C)C)c1. The summed E-state index contributed by atoms with van der Waals surface area (Å²) in [5.41, 5.74) is 0.790. The molecule has 1 aliphatic rings. The lowest BCUT2D eigenvalue weighted by atomic mass is 9.99. The molecule has 22 heavy (non-hydrogen) atoms. The highest BCUT2D eigenvalue weighted by molar-refractivity contribution is 5.94. The molecule has 6 heteroatoms. The Hall–Kier alpha value is -1.40. The zero-order chi connectivity index (χ0) is 16.1. The summed E-state index contributed by atoms with van der Waals surface area (Å²) >= 11 is 0. The highest BCUT2D eigenvalue weighted by Crippen LogP contribution is 2.21. The first kappa shape index (κ1) is 17.0. The van der Waals surface area contributed by atoms with E-state index in [1.807, 2.05) is 25.0 Å². The second-order valence-corrected chi connectivity index (χ2v) is 6.63. The predicted molar refractivity (Wildman–Crippen MR) is 88.9 cm³/mol. The van der Waals surface area contributed by atoms with Crippen molar-refractivity contribution in [2.45, 2.75) is 51.7 Å². The summed E-state index contributed by atoms with van der Waals surface area (Å²) in [6.45, 7) is 7.08. The molecule has 1 unspecified atom stereocenters. The first-order valence-corrected chi connectivity index (χ1v) is 8.21. The van der Waals surface area contributed by atoms with Gasteiger partial charge in [-0.3, -0.25) is 14.4 Å². The van der Waals surface area contributed by atoms with Gasteiger partial charge >= 0.3 is 0 Å². The highest BCUT2D eigenvalue weighted by atomic mass is 16.2. The van der Waals surface area contributed by atoms with Crippen molar-refractivity contribution >= 4 is 11.6 Å². The van der Waals surface area contributed by atoms with Gasteiger partial charge in [0.25, 0.3) is 0 Å². The molecule has 1 aliphatic heterocycles. The van der Waals surface area contributed by atoms with Crippen molar-refractivity contribution in [3.8, 4) is 0 Å². The van der Waals surface area contributed by atoms with Crippen molar-refractivity contribution in [3.05, 3.63) is 12.4 Å². The van der Waals surface area contributed by atoms with Gasteiger partial charge in [0.2, 0.25) is 5.91 Å². The van der Waals surface area contributed by atoms with Crippen LogP contribution in [0.5, 0.6) is 0 Å². The fourth-order valence-corrected chi connectivity index (χ4v) is 2.93. The summed E-state index contributed by atoms with van der Waals surface area (Å²) in [5.74, 6) is 0.0977. The van der Waals surface area contributed by atoms with Gasteiger partial charge in [0.15, 0.2) is 0 Å². The first-order valence-electron chi connectivity index (χ1n) is 8.21. The molecule has 1 aromatic rings. The normalized spacial score (nSPS) is 19.8. The molecule has 6 nitrogen and oxygen atoms in total. The van der Waals surface area contributed by atoms with Crippen LogP contribution in [0.3, 0.4) is 0 Å². The second kappa shape index (κ2) is 7.74. The molecule has 0 aromatic carbocycles. The molecule has 1 atom stereocenters. The fraction of sp³-hybridized carbons (Fsp3) is 0.750. The molecule has 0 radical (unpaired) electrons. The number of hydrogen-bond donors (Lipinski definition) is 1. The van der Waals surface area contributed by atoms with Gasteiger partial charge in [-0.2, -0.15) is 5.10 Å². The zero-order valence-corrected chi connectivity index (χ0v) is 14.2. The molecule has 1 amide bonds. The summed E-state index contributed by atoms with van der Waals surface area (Å²) in [5, 5.41) is 7.33. The lowest BCUT2D eigenvalue weighted by molar-refractivity contribution is -0.123. The minimum absolute atomic E-state index is 0.0149. The van der Waals surface area contributed by atoms with E-state index in [2.05, 4.69) is 34.1 Å². The Kier molecular flexibility index (Phi) is 5.97. The third kappa shape index (κ3) is 4.55. The van der Waals surface area contributed by atoms with Gasteiger partial charge in [0.05, 0.1) is 24.5 Å². The van der Waals surface area contributed by atoms with E-state index in [0.717, 1.165) is 38.2 Å². The molecular formula is C16H29N5O. The van der Waals surface area contributed by atoms with Gasteiger partial charge in [0.1, 0.15) is 0 Å². The summed E-state index contributed by atoms with van der Waals surface area (Å²) in [6.07, 6.45) is 6.90. The number of likely N-dealkylation sites (N-methyl/N-ethyl adjacent to an activating group) is 1. The van der Waals surface area contributed by atoms with Crippen molar-refractivity contribution < 1.29 is 4.79 Å². The maximum absolute atomic E-state index is 12.6. The Morgan fingerprint density at radius 1 is 1.45 bits per heavy atom. The summed E-state index contributed by atoms with van der Waals surface area (Å²) < 4.78 is 1.87. The van der Waals surface area contributed by atoms with E-state index in [4.69, 9.17) is 0 Å². The number of rotatable bonds is 6. The Morgan fingerprint density at radius 2 is 2.23 bits per heavy atom. The van der Waals surface area contributed by atoms with Crippen molar-refractivity contribution in [1.29, 1.82) is 0 Å². The van der Waals surface area contributed by atoms with Crippen LogP contribution < -0.4 is 5.32 Å². The van der Waals surface area contributed by atoms with Crippen molar-refractivity contribution in [2.75, 3.05) is 32.5 Å². The lowest BCUT2D eigenvalue weighted by Crippen LogP contribution is -2.50. The molecule has 2 rings (SSSR count). The van der Waals surface area contributed by atoms with Gasteiger partial charge < -0.3 is 10.2 Å². The Labute approximate surface area is 133 Å². The number of anilines is 1. The van der Waals surface area contributed by atoms with Crippen LogP contribution >= 0.6 is 0 Å². The standard InChI is InChI=1S/C16H29N5O/c1-13(2)21-8-6-5-7-15(21)16(22)18-14-11-17-20(12-14)10-9-19(3)4/h11-13,15H,5-10H2,1-4H3,(H,18,22). The van der Waals surface area contributed by atoms with E-state index in [9.17, 15) is 4.79 Å². The van der Waals surface area contributed by atoms with Crippen molar-refractivity contribution in [1.82, 2.24) is 19.6 Å². The van der Waals surface area contributed by atoms with Crippen LogP contribution in [0.15, 0.2) is 12.4 Å². The van der Waals surface area contributed by atoms with Gasteiger partial charge in [0, 0.05) is 18.8 Å². The Morgan fingerprint density at radius 3 is 2.91 bits per heavy atom. The molecule has 2 heterocycles.